The van der Waals surface area contributed by atoms with Gasteiger partial charge >= 0.3 is 16.4 Å². The van der Waals surface area contributed by atoms with Crippen LogP contribution in [-0.4, -0.2) is 25.5 Å². The molecule has 0 fully saturated rings. The van der Waals surface area contributed by atoms with Gasteiger partial charge in [-0.15, -0.1) is 0 Å². The van der Waals surface area contributed by atoms with Gasteiger partial charge in [-0.3, -0.25) is 9.35 Å². The van der Waals surface area contributed by atoms with Gasteiger partial charge in [0.15, 0.2) is 0 Å². The summed E-state index contributed by atoms with van der Waals surface area (Å²) >= 11 is 0. The summed E-state index contributed by atoms with van der Waals surface area (Å²) in [5.41, 5.74) is 1.20. The molecule has 0 atom stereocenters. The van der Waals surface area contributed by atoms with E-state index in [1.807, 2.05) is 12.1 Å². The van der Waals surface area contributed by atoms with Crippen molar-refractivity contribution < 1.29 is 26.7 Å². The predicted molar refractivity (Wildman–Crippen MR) is 95.9 cm³/mol. The van der Waals surface area contributed by atoms with E-state index in [2.05, 4.69) is 11.1 Å². The van der Waals surface area contributed by atoms with Gasteiger partial charge in [0.05, 0.1) is 13.0 Å². The lowest BCUT2D eigenvalue weighted by Crippen LogP contribution is -2.13. The lowest BCUT2D eigenvalue weighted by Gasteiger charge is -2.06. The normalized spacial score (nSPS) is 11.4. The maximum Gasteiger partial charge on any atom is 0.397 e. The fourth-order valence-electron chi connectivity index (χ4n) is 2.42. The van der Waals surface area contributed by atoms with E-state index in [4.69, 9.17) is 9.29 Å². The van der Waals surface area contributed by atoms with Crippen LogP contribution in [0.3, 0.4) is 0 Å². The molecule has 1 rings (SSSR count). The van der Waals surface area contributed by atoms with E-state index in [0.29, 0.717) is 5.75 Å². The highest BCUT2D eigenvalue weighted by Gasteiger charge is 2.09. The number of carbonyl (C=O) groups is 1. The summed E-state index contributed by atoms with van der Waals surface area (Å²) in [4.78, 5) is 11.5. The summed E-state index contributed by atoms with van der Waals surface area (Å²) in [6, 6.07) is 7.29. The van der Waals surface area contributed by atoms with Crippen LogP contribution in [0, 0.1) is 0 Å². The van der Waals surface area contributed by atoms with Crippen molar-refractivity contribution in [2.45, 2.75) is 64.7 Å². The van der Waals surface area contributed by atoms with Crippen LogP contribution in [-0.2, 0) is 25.8 Å². The van der Waals surface area contributed by atoms with Crippen molar-refractivity contribution in [2.24, 2.45) is 0 Å². The van der Waals surface area contributed by atoms with Crippen molar-refractivity contribution in [3.63, 3.8) is 0 Å². The van der Waals surface area contributed by atoms with Gasteiger partial charge < -0.3 is 4.74 Å². The number of aryl methyl sites for hydroxylation is 1. The van der Waals surface area contributed by atoms with Crippen LogP contribution >= 0.6 is 0 Å². The second kappa shape index (κ2) is 12.0. The zero-order valence-electron chi connectivity index (χ0n) is 14.8. The first kappa shape index (κ1) is 21.6. The molecule has 7 heteroatoms. The second-order valence-electron chi connectivity index (χ2n) is 5.99. The van der Waals surface area contributed by atoms with Crippen molar-refractivity contribution >= 4 is 16.4 Å². The number of hydrogen-bond acceptors (Lipinski definition) is 5. The second-order valence-corrected chi connectivity index (χ2v) is 7.08. The van der Waals surface area contributed by atoms with Gasteiger partial charge in [-0.25, -0.2) is 4.18 Å². The van der Waals surface area contributed by atoms with E-state index in [9.17, 15) is 13.2 Å². The Kier molecular flexibility index (Phi) is 10.4. The van der Waals surface area contributed by atoms with E-state index < -0.39 is 23.0 Å². The van der Waals surface area contributed by atoms with Gasteiger partial charge in [0.1, 0.15) is 5.75 Å². The van der Waals surface area contributed by atoms with E-state index in [1.165, 1.54) is 44.1 Å². The third-order valence-electron chi connectivity index (χ3n) is 3.76. The molecule has 0 saturated carbocycles. The molecule has 0 aromatic heterocycles. The average Bonchev–Trinajstić information content (AvgIpc) is 2.54. The van der Waals surface area contributed by atoms with Crippen LogP contribution in [0.2, 0.25) is 0 Å². The molecule has 1 aromatic rings. The number of carbonyl (C=O) groups excluding carboxylic acids is 1. The van der Waals surface area contributed by atoms with Crippen molar-refractivity contribution in [3.05, 3.63) is 29.8 Å². The van der Waals surface area contributed by atoms with Crippen molar-refractivity contribution in [1.29, 1.82) is 0 Å². The Morgan fingerprint density at radius 2 is 1.60 bits per heavy atom. The first-order chi connectivity index (χ1) is 11.9. The number of rotatable bonds is 13. The molecule has 0 radical (unpaired) electrons. The Morgan fingerprint density at radius 3 is 2.20 bits per heavy atom. The highest BCUT2D eigenvalue weighted by molar-refractivity contribution is 7.80. The molecule has 0 aliphatic heterocycles. The summed E-state index contributed by atoms with van der Waals surface area (Å²) in [6.45, 7) is 1.77. The Bertz CT molecular complexity index is 594. The van der Waals surface area contributed by atoms with Crippen LogP contribution in [0.1, 0.15) is 63.9 Å². The molecular weight excluding hydrogens is 344 g/mol. The van der Waals surface area contributed by atoms with Gasteiger partial charge in [0, 0.05) is 0 Å². The zero-order valence-corrected chi connectivity index (χ0v) is 15.6. The molecule has 0 aliphatic rings. The van der Waals surface area contributed by atoms with Crippen molar-refractivity contribution in [3.8, 4) is 5.75 Å². The van der Waals surface area contributed by atoms with E-state index >= 15 is 0 Å². The topological polar surface area (TPSA) is 89.9 Å². The number of unbranched alkanes of at least 4 members (excludes halogenated alkanes) is 6. The van der Waals surface area contributed by atoms with Crippen molar-refractivity contribution in [2.75, 3.05) is 6.61 Å². The lowest BCUT2D eigenvalue weighted by molar-refractivity contribution is -0.134. The third kappa shape index (κ3) is 11.7. The fourth-order valence-corrected chi connectivity index (χ4v) is 2.72. The molecule has 0 saturated heterocycles. The number of hydrogen-bond donors (Lipinski definition) is 1. The number of benzene rings is 1. The Labute approximate surface area is 150 Å². The van der Waals surface area contributed by atoms with Crippen LogP contribution in [0.15, 0.2) is 24.3 Å². The molecule has 0 spiro atoms. The van der Waals surface area contributed by atoms with E-state index in [1.54, 1.807) is 12.1 Å². The number of esters is 1. The predicted octanol–water partition coefficient (Wildman–Crippen LogP) is 4.09. The van der Waals surface area contributed by atoms with Gasteiger partial charge in [-0.05, 0) is 30.5 Å². The van der Waals surface area contributed by atoms with E-state index in [0.717, 1.165) is 12.8 Å². The Hall–Kier alpha value is -1.44. The molecule has 0 bridgehead atoms. The molecule has 1 N–H and O–H groups in total. The van der Waals surface area contributed by atoms with Gasteiger partial charge in [0.25, 0.3) is 0 Å². The van der Waals surface area contributed by atoms with Gasteiger partial charge in [0.2, 0.25) is 0 Å². The SMILES string of the molecule is CCCCCCCCCc1ccc(OC(=O)CCOS(=O)(=O)O)cc1. The first-order valence-corrected chi connectivity index (χ1v) is 10.2. The molecule has 0 amide bonds. The largest absolute Gasteiger partial charge is 0.426 e. The van der Waals surface area contributed by atoms with Crippen LogP contribution in [0.5, 0.6) is 5.75 Å². The first-order valence-electron chi connectivity index (χ1n) is 8.82. The quantitative estimate of drug-likeness (QED) is 0.243. The highest BCUT2D eigenvalue weighted by atomic mass is 32.3. The fraction of sp³-hybridized carbons (Fsp3) is 0.611. The molecular formula is C18H28O6S. The summed E-state index contributed by atoms with van der Waals surface area (Å²) in [6.07, 6.45) is 9.63. The van der Waals surface area contributed by atoms with Crippen molar-refractivity contribution in [1.82, 2.24) is 0 Å². The van der Waals surface area contributed by atoms with Gasteiger partial charge in [-0.2, -0.15) is 8.42 Å². The summed E-state index contributed by atoms with van der Waals surface area (Å²) in [5, 5.41) is 0. The Morgan fingerprint density at radius 1 is 1.00 bits per heavy atom. The minimum Gasteiger partial charge on any atom is -0.426 e. The standard InChI is InChI=1S/C18H28O6S/c1-2-3-4-5-6-7-8-9-16-10-12-17(13-11-16)24-18(19)14-15-23-25(20,21)22/h10-13H,2-9,14-15H2,1H3,(H,20,21,22). The molecule has 0 heterocycles. The van der Waals surface area contributed by atoms with Crippen LogP contribution in [0.25, 0.3) is 0 Å². The molecule has 25 heavy (non-hydrogen) atoms. The molecule has 6 nitrogen and oxygen atoms in total. The smallest absolute Gasteiger partial charge is 0.397 e. The summed E-state index contributed by atoms with van der Waals surface area (Å²) < 4.78 is 38.3. The minimum atomic E-state index is -4.52. The summed E-state index contributed by atoms with van der Waals surface area (Å²) in [7, 11) is -4.52. The maximum atomic E-state index is 11.5. The molecule has 1 aromatic carbocycles. The molecule has 0 aliphatic carbocycles. The molecule has 142 valence electrons. The maximum absolute atomic E-state index is 11.5. The monoisotopic (exact) mass is 372 g/mol. The zero-order chi connectivity index (χ0) is 18.5. The van der Waals surface area contributed by atoms with Gasteiger partial charge in [-0.1, -0.05) is 57.6 Å². The average molecular weight is 372 g/mol. The van der Waals surface area contributed by atoms with Crippen LogP contribution in [0.4, 0.5) is 0 Å². The lowest BCUT2D eigenvalue weighted by atomic mass is 10.0. The van der Waals surface area contributed by atoms with Crippen LogP contribution < -0.4 is 4.74 Å². The Balaban J connectivity index is 2.21. The van der Waals surface area contributed by atoms with E-state index in [-0.39, 0.29) is 6.42 Å². The minimum absolute atomic E-state index is 0.264. The molecule has 0 unspecified atom stereocenters. The summed E-state index contributed by atoms with van der Waals surface area (Å²) in [5.74, 6) is -0.219. The highest BCUT2D eigenvalue weighted by Crippen LogP contribution is 2.16. The number of ether oxygens (including phenoxy) is 1. The third-order valence-corrected chi connectivity index (χ3v) is 4.23.